The zero-order chi connectivity index (χ0) is 17.2. The molecule has 25 heavy (non-hydrogen) atoms. The number of piperazine rings is 1. The molecule has 0 aromatic heterocycles. The van der Waals surface area contributed by atoms with Crippen molar-refractivity contribution in [3.63, 3.8) is 0 Å². The minimum Gasteiger partial charge on any atom is -0.357 e. The number of likely N-dealkylation sites (N-methyl/N-ethyl adjacent to an activating group) is 1. The van der Waals surface area contributed by atoms with E-state index in [1.165, 1.54) is 65.0 Å². The predicted octanol–water partition coefficient (Wildman–Crippen LogP) is 2.72. The standard InChI is InChI=1S/C19H39N5.HI/c1-4-20-19(24-12-8-18(3)9-13-24)21-10-6-7-11-23-16-14-22(5-2)15-17-23;/h18H,4-17H2,1-3H3,(H,20,21);1H. The molecule has 5 nitrogen and oxygen atoms in total. The van der Waals surface area contributed by atoms with Gasteiger partial charge in [-0.2, -0.15) is 0 Å². The van der Waals surface area contributed by atoms with Crippen LogP contribution >= 0.6 is 24.0 Å². The van der Waals surface area contributed by atoms with Crippen LogP contribution in [-0.4, -0.2) is 86.1 Å². The fraction of sp³-hybridized carbons (Fsp3) is 0.947. The lowest BCUT2D eigenvalue weighted by Crippen LogP contribution is -2.46. The van der Waals surface area contributed by atoms with Crippen LogP contribution in [0.3, 0.4) is 0 Å². The van der Waals surface area contributed by atoms with Gasteiger partial charge in [-0.05, 0) is 51.6 Å². The number of rotatable bonds is 7. The summed E-state index contributed by atoms with van der Waals surface area (Å²) in [5.41, 5.74) is 0. The Bertz CT molecular complexity index is 361. The molecule has 2 aliphatic heterocycles. The average molecular weight is 465 g/mol. The van der Waals surface area contributed by atoms with Crippen LogP contribution in [0.4, 0.5) is 0 Å². The first-order valence-corrected chi connectivity index (χ1v) is 10.2. The first kappa shape index (κ1) is 23.0. The molecule has 0 aromatic carbocycles. The van der Waals surface area contributed by atoms with Crippen LogP contribution in [0.25, 0.3) is 0 Å². The van der Waals surface area contributed by atoms with Gasteiger partial charge in [-0.3, -0.25) is 4.99 Å². The zero-order valence-electron chi connectivity index (χ0n) is 16.7. The highest BCUT2D eigenvalue weighted by Crippen LogP contribution is 2.16. The molecule has 2 heterocycles. The number of piperidine rings is 1. The molecule has 0 aromatic rings. The van der Waals surface area contributed by atoms with Gasteiger partial charge < -0.3 is 20.0 Å². The van der Waals surface area contributed by atoms with E-state index in [-0.39, 0.29) is 24.0 Å². The van der Waals surface area contributed by atoms with Crippen LogP contribution in [-0.2, 0) is 0 Å². The maximum Gasteiger partial charge on any atom is 0.193 e. The van der Waals surface area contributed by atoms with Crippen LogP contribution in [0.2, 0.25) is 0 Å². The SMILES string of the molecule is CCNC(=NCCCCN1CCN(CC)CC1)N1CCC(C)CC1.I. The molecule has 2 fully saturated rings. The minimum atomic E-state index is 0. The average Bonchev–Trinajstić information content (AvgIpc) is 2.62. The number of guanidine groups is 1. The van der Waals surface area contributed by atoms with Crippen LogP contribution in [0.5, 0.6) is 0 Å². The van der Waals surface area contributed by atoms with Crippen molar-refractivity contribution >= 4 is 29.9 Å². The highest BCUT2D eigenvalue weighted by atomic mass is 127. The number of hydrogen-bond donors (Lipinski definition) is 1. The fourth-order valence-corrected chi connectivity index (χ4v) is 3.61. The van der Waals surface area contributed by atoms with Crippen molar-refractivity contribution < 1.29 is 0 Å². The molecule has 2 saturated heterocycles. The van der Waals surface area contributed by atoms with Gasteiger partial charge in [-0.25, -0.2) is 0 Å². The zero-order valence-corrected chi connectivity index (χ0v) is 19.0. The lowest BCUT2D eigenvalue weighted by molar-refractivity contribution is 0.136. The van der Waals surface area contributed by atoms with E-state index in [1.807, 2.05) is 0 Å². The lowest BCUT2D eigenvalue weighted by Gasteiger charge is -2.34. The third-order valence-corrected chi connectivity index (χ3v) is 5.47. The number of unbranched alkanes of at least 4 members (excludes halogenated alkanes) is 1. The summed E-state index contributed by atoms with van der Waals surface area (Å²) in [5, 5.41) is 3.48. The van der Waals surface area contributed by atoms with E-state index in [9.17, 15) is 0 Å². The van der Waals surface area contributed by atoms with Crippen molar-refractivity contribution in [2.75, 3.05) is 65.4 Å². The van der Waals surface area contributed by atoms with E-state index in [0.717, 1.165) is 38.1 Å². The second kappa shape index (κ2) is 13.1. The second-order valence-corrected chi connectivity index (χ2v) is 7.39. The van der Waals surface area contributed by atoms with Gasteiger partial charge in [0.05, 0.1) is 0 Å². The van der Waals surface area contributed by atoms with Crippen LogP contribution in [0.1, 0.15) is 46.5 Å². The Hall–Kier alpha value is -0.0800. The molecule has 0 atom stereocenters. The summed E-state index contributed by atoms with van der Waals surface area (Å²) in [6.07, 6.45) is 5.07. The first-order chi connectivity index (χ1) is 11.7. The normalized spacial score (nSPS) is 21.2. The molecule has 0 spiro atoms. The first-order valence-electron chi connectivity index (χ1n) is 10.2. The Balaban J connectivity index is 0.00000312. The Labute approximate surface area is 172 Å². The third-order valence-electron chi connectivity index (χ3n) is 5.47. The molecular formula is C19H40IN5. The Morgan fingerprint density at radius 1 is 0.960 bits per heavy atom. The molecule has 2 rings (SSSR count). The van der Waals surface area contributed by atoms with Gasteiger partial charge >= 0.3 is 0 Å². The maximum atomic E-state index is 4.87. The molecule has 2 aliphatic rings. The van der Waals surface area contributed by atoms with Crippen molar-refractivity contribution in [2.45, 2.75) is 46.5 Å². The molecule has 0 saturated carbocycles. The summed E-state index contributed by atoms with van der Waals surface area (Å²) < 4.78 is 0. The number of halogens is 1. The number of likely N-dealkylation sites (tertiary alicyclic amines) is 1. The summed E-state index contributed by atoms with van der Waals surface area (Å²) >= 11 is 0. The number of aliphatic imine (C=N–C) groups is 1. The van der Waals surface area contributed by atoms with E-state index in [0.29, 0.717) is 0 Å². The van der Waals surface area contributed by atoms with E-state index in [2.05, 4.69) is 40.8 Å². The van der Waals surface area contributed by atoms with Crippen molar-refractivity contribution in [3.8, 4) is 0 Å². The number of hydrogen-bond acceptors (Lipinski definition) is 3. The molecular weight excluding hydrogens is 425 g/mol. The topological polar surface area (TPSA) is 34.1 Å². The van der Waals surface area contributed by atoms with Crippen LogP contribution in [0.15, 0.2) is 4.99 Å². The molecule has 0 bridgehead atoms. The summed E-state index contributed by atoms with van der Waals surface area (Å²) in [7, 11) is 0. The summed E-state index contributed by atoms with van der Waals surface area (Å²) in [5.74, 6) is 2.01. The van der Waals surface area contributed by atoms with E-state index in [1.54, 1.807) is 0 Å². The van der Waals surface area contributed by atoms with Crippen molar-refractivity contribution in [1.82, 2.24) is 20.0 Å². The van der Waals surface area contributed by atoms with Crippen molar-refractivity contribution in [3.05, 3.63) is 0 Å². The molecule has 1 N–H and O–H groups in total. The number of nitrogens with zero attached hydrogens (tertiary/aromatic N) is 4. The van der Waals surface area contributed by atoms with Crippen molar-refractivity contribution in [2.24, 2.45) is 10.9 Å². The summed E-state index contributed by atoms with van der Waals surface area (Å²) in [4.78, 5) is 12.5. The smallest absolute Gasteiger partial charge is 0.193 e. The van der Waals surface area contributed by atoms with E-state index in [4.69, 9.17) is 4.99 Å². The molecule has 148 valence electrons. The van der Waals surface area contributed by atoms with Crippen LogP contribution < -0.4 is 5.32 Å². The number of nitrogens with one attached hydrogen (secondary N) is 1. The Morgan fingerprint density at radius 3 is 2.20 bits per heavy atom. The van der Waals surface area contributed by atoms with E-state index < -0.39 is 0 Å². The van der Waals surface area contributed by atoms with Gasteiger partial charge in [-0.1, -0.05) is 13.8 Å². The van der Waals surface area contributed by atoms with Crippen LogP contribution in [0, 0.1) is 5.92 Å². The third kappa shape index (κ3) is 8.43. The largest absolute Gasteiger partial charge is 0.357 e. The summed E-state index contributed by atoms with van der Waals surface area (Å²) in [6.45, 7) is 18.4. The molecule has 0 unspecified atom stereocenters. The fourth-order valence-electron chi connectivity index (χ4n) is 3.61. The van der Waals surface area contributed by atoms with Gasteiger partial charge in [-0.15, -0.1) is 24.0 Å². The minimum absolute atomic E-state index is 0. The Morgan fingerprint density at radius 2 is 1.60 bits per heavy atom. The van der Waals surface area contributed by atoms with Gasteiger partial charge in [0.2, 0.25) is 0 Å². The highest BCUT2D eigenvalue weighted by Gasteiger charge is 2.18. The monoisotopic (exact) mass is 465 g/mol. The molecule has 6 heteroatoms. The van der Waals surface area contributed by atoms with Crippen molar-refractivity contribution in [1.29, 1.82) is 0 Å². The van der Waals surface area contributed by atoms with E-state index >= 15 is 0 Å². The van der Waals surface area contributed by atoms with Gasteiger partial charge in [0.15, 0.2) is 5.96 Å². The predicted molar refractivity (Wildman–Crippen MR) is 119 cm³/mol. The molecule has 0 radical (unpaired) electrons. The van der Waals surface area contributed by atoms with Gasteiger partial charge in [0.25, 0.3) is 0 Å². The van der Waals surface area contributed by atoms with Gasteiger partial charge in [0.1, 0.15) is 0 Å². The molecule has 0 aliphatic carbocycles. The second-order valence-electron chi connectivity index (χ2n) is 7.39. The maximum absolute atomic E-state index is 4.87. The van der Waals surface area contributed by atoms with Gasteiger partial charge in [0, 0.05) is 52.4 Å². The molecule has 0 amide bonds. The lowest BCUT2D eigenvalue weighted by atomic mass is 10.00. The highest BCUT2D eigenvalue weighted by molar-refractivity contribution is 14.0. The quantitative estimate of drug-likeness (QED) is 0.272. The summed E-state index contributed by atoms with van der Waals surface area (Å²) in [6, 6.07) is 0. The Kier molecular flexibility index (Phi) is 12.1.